The Morgan fingerprint density at radius 1 is 1.39 bits per heavy atom. The van der Waals surface area contributed by atoms with Gasteiger partial charge >= 0.3 is 0 Å². The summed E-state index contributed by atoms with van der Waals surface area (Å²) in [6.45, 7) is 10.3. The molecule has 0 saturated carbocycles. The minimum Gasteiger partial charge on any atom is -0.371 e. The second kappa shape index (κ2) is 5.75. The summed E-state index contributed by atoms with van der Waals surface area (Å²) in [6.07, 6.45) is 1.34. The van der Waals surface area contributed by atoms with Gasteiger partial charge in [0.1, 0.15) is 0 Å². The summed E-state index contributed by atoms with van der Waals surface area (Å²) in [5.41, 5.74) is 4.20. The number of anilines is 1. The van der Waals surface area contributed by atoms with Crippen LogP contribution in [0.3, 0.4) is 0 Å². The van der Waals surface area contributed by atoms with E-state index in [2.05, 4.69) is 49.2 Å². The minimum atomic E-state index is 0.805. The molecule has 1 saturated heterocycles. The van der Waals surface area contributed by atoms with Crippen LogP contribution in [0, 0.1) is 18.8 Å². The highest BCUT2D eigenvalue weighted by Crippen LogP contribution is 2.29. The van der Waals surface area contributed by atoms with Crippen molar-refractivity contribution in [2.24, 2.45) is 11.8 Å². The summed E-state index contributed by atoms with van der Waals surface area (Å²) < 4.78 is 0. The van der Waals surface area contributed by atoms with Gasteiger partial charge in [0.25, 0.3) is 0 Å². The molecule has 1 atom stereocenters. The standard InChI is InChI=1S/C16H26N2/c1-12(2)15-7-8-18(11-15)16-6-5-14(10-17-4)13(3)9-16/h5-6,9,12,15,17H,7-8,10-11H2,1-4H3. The number of hydrogen-bond donors (Lipinski definition) is 1. The van der Waals surface area contributed by atoms with E-state index < -0.39 is 0 Å². The topological polar surface area (TPSA) is 15.3 Å². The molecule has 2 nitrogen and oxygen atoms in total. The quantitative estimate of drug-likeness (QED) is 0.877. The molecule has 1 heterocycles. The van der Waals surface area contributed by atoms with Crippen LogP contribution < -0.4 is 10.2 Å². The molecule has 18 heavy (non-hydrogen) atoms. The van der Waals surface area contributed by atoms with E-state index in [1.807, 2.05) is 7.05 Å². The van der Waals surface area contributed by atoms with Crippen molar-refractivity contribution in [2.75, 3.05) is 25.0 Å². The normalized spacial score (nSPS) is 19.8. The molecule has 1 aromatic rings. The van der Waals surface area contributed by atoms with Gasteiger partial charge in [-0.25, -0.2) is 0 Å². The molecule has 0 radical (unpaired) electrons. The largest absolute Gasteiger partial charge is 0.371 e. The Kier molecular flexibility index (Phi) is 4.28. The van der Waals surface area contributed by atoms with Crippen molar-refractivity contribution in [3.63, 3.8) is 0 Å². The second-order valence-corrected chi connectivity index (χ2v) is 5.88. The van der Waals surface area contributed by atoms with Gasteiger partial charge in [-0.05, 0) is 55.5 Å². The molecule has 0 aromatic heterocycles. The van der Waals surface area contributed by atoms with Gasteiger partial charge in [-0.1, -0.05) is 19.9 Å². The average molecular weight is 246 g/mol. The number of nitrogens with zero attached hydrogens (tertiary/aromatic N) is 1. The predicted octanol–water partition coefficient (Wildman–Crippen LogP) is 3.20. The van der Waals surface area contributed by atoms with E-state index in [0.29, 0.717) is 0 Å². The first-order chi connectivity index (χ1) is 8.61. The fraction of sp³-hybridized carbons (Fsp3) is 0.625. The van der Waals surface area contributed by atoms with Crippen LogP contribution in [0.1, 0.15) is 31.4 Å². The molecule has 0 bridgehead atoms. The van der Waals surface area contributed by atoms with Gasteiger partial charge < -0.3 is 10.2 Å². The molecule has 100 valence electrons. The van der Waals surface area contributed by atoms with Gasteiger partial charge in [-0.3, -0.25) is 0 Å². The van der Waals surface area contributed by atoms with Crippen LogP contribution in [0.25, 0.3) is 0 Å². The Balaban J connectivity index is 2.08. The molecule has 1 N–H and O–H groups in total. The average Bonchev–Trinajstić information content (AvgIpc) is 2.81. The highest BCUT2D eigenvalue weighted by atomic mass is 15.1. The zero-order chi connectivity index (χ0) is 13.1. The first-order valence-corrected chi connectivity index (χ1v) is 7.11. The Morgan fingerprint density at radius 2 is 2.17 bits per heavy atom. The monoisotopic (exact) mass is 246 g/mol. The number of aryl methyl sites for hydroxylation is 1. The first kappa shape index (κ1) is 13.4. The number of benzene rings is 1. The van der Waals surface area contributed by atoms with Gasteiger partial charge in [-0.15, -0.1) is 0 Å². The van der Waals surface area contributed by atoms with Crippen molar-refractivity contribution >= 4 is 5.69 Å². The van der Waals surface area contributed by atoms with Crippen LogP contribution in [0.5, 0.6) is 0 Å². The van der Waals surface area contributed by atoms with Crippen LogP contribution in [-0.4, -0.2) is 20.1 Å². The molecule has 0 spiro atoms. The van der Waals surface area contributed by atoms with Crippen molar-refractivity contribution in [1.29, 1.82) is 0 Å². The Hall–Kier alpha value is -1.02. The lowest BCUT2D eigenvalue weighted by Crippen LogP contribution is -2.21. The third-order valence-corrected chi connectivity index (χ3v) is 4.23. The third-order valence-electron chi connectivity index (χ3n) is 4.23. The maximum atomic E-state index is 3.22. The van der Waals surface area contributed by atoms with Crippen LogP contribution in [-0.2, 0) is 6.54 Å². The van der Waals surface area contributed by atoms with Crippen molar-refractivity contribution in [3.05, 3.63) is 29.3 Å². The maximum absolute atomic E-state index is 3.22. The molecule has 0 amide bonds. The van der Waals surface area contributed by atoms with Crippen LogP contribution in [0.4, 0.5) is 5.69 Å². The first-order valence-electron chi connectivity index (χ1n) is 7.11. The Morgan fingerprint density at radius 3 is 2.72 bits per heavy atom. The lowest BCUT2D eigenvalue weighted by molar-refractivity contribution is 0.423. The molecular weight excluding hydrogens is 220 g/mol. The third kappa shape index (κ3) is 2.86. The molecule has 1 unspecified atom stereocenters. The van der Waals surface area contributed by atoms with Gasteiger partial charge in [-0.2, -0.15) is 0 Å². The maximum Gasteiger partial charge on any atom is 0.0369 e. The molecule has 2 rings (SSSR count). The summed E-state index contributed by atoms with van der Waals surface area (Å²) in [5.74, 6) is 1.67. The summed E-state index contributed by atoms with van der Waals surface area (Å²) in [6, 6.07) is 6.89. The van der Waals surface area contributed by atoms with E-state index >= 15 is 0 Å². The van der Waals surface area contributed by atoms with Gasteiger partial charge in [0.2, 0.25) is 0 Å². The minimum absolute atomic E-state index is 0.805. The van der Waals surface area contributed by atoms with Crippen molar-refractivity contribution in [1.82, 2.24) is 5.32 Å². The number of hydrogen-bond acceptors (Lipinski definition) is 2. The molecule has 1 aromatic carbocycles. The van der Waals surface area contributed by atoms with E-state index in [-0.39, 0.29) is 0 Å². The predicted molar refractivity (Wildman–Crippen MR) is 79.1 cm³/mol. The van der Waals surface area contributed by atoms with E-state index in [1.54, 1.807) is 0 Å². The van der Waals surface area contributed by atoms with Crippen LogP contribution in [0.15, 0.2) is 18.2 Å². The van der Waals surface area contributed by atoms with Crippen molar-refractivity contribution in [2.45, 2.75) is 33.7 Å². The molecule has 1 aliphatic heterocycles. The zero-order valence-corrected chi connectivity index (χ0v) is 12.2. The van der Waals surface area contributed by atoms with E-state index in [4.69, 9.17) is 0 Å². The van der Waals surface area contributed by atoms with Crippen molar-refractivity contribution in [3.8, 4) is 0 Å². The smallest absolute Gasteiger partial charge is 0.0369 e. The molecule has 1 aliphatic rings. The van der Waals surface area contributed by atoms with Gasteiger partial charge in [0.15, 0.2) is 0 Å². The Labute approximate surface area is 111 Å². The molecular formula is C16H26N2. The molecule has 1 fully saturated rings. The highest BCUT2D eigenvalue weighted by molar-refractivity contribution is 5.51. The number of rotatable bonds is 4. The number of nitrogens with one attached hydrogen (secondary N) is 1. The molecule has 0 aliphatic carbocycles. The summed E-state index contributed by atoms with van der Waals surface area (Å²) in [4.78, 5) is 2.54. The second-order valence-electron chi connectivity index (χ2n) is 5.88. The molecule has 2 heteroatoms. The summed E-state index contributed by atoms with van der Waals surface area (Å²) in [7, 11) is 2.00. The Bertz CT molecular complexity index is 398. The van der Waals surface area contributed by atoms with Gasteiger partial charge in [0.05, 0.1) is 0 Å². The van der Waals surface area contributed by atoms with Gasteiger partial charge in [0, 0.05) is 25.3 Å². The van der Waals surface area contributed by atoms with Crippen LogP contribution in [0.2, 0.25) is 0 Å². The zero-order valence-electron chi connectivity index (χ0n) is 12.2. The van der Waals surface area contributed by atoms with E-state index in [1.165, 1.54) is 36.3 Å². The summed E-state index contributed by atoms with van der Waals surface area (Å²) in [5, 5.41) is 3.22. The highest BCUT2D eigenvalue weighted by Gasteiger charge is 2.24. The lowest BCUT2D eigenvalue weighted by Gasteiger charge is -2.21. The van der Waals surface area contributed by atoms with Crippen LogP contribution >= 0.6 is 0 Å². The lowest BCUT2D eigenvalue weighted by atomic mass is 9.95. The van der Waals surface area contributed by atoms with Crippen molar-refractivity contribution < 1.29 is 0 Å². The summed E-state index contributed by atoms with van der Waals surface area (Å²) >= 11 is 0. The fourth-order valence-corrected chi connectivity index (χ4v) is 2.83. The van der Waals surface area contributed by atoms with E-state index in [9.17, 15) is 0 Å². The SMILES string of the molecule is CNCc1ccc(N2CCC(C(C)C)C2)cc1C. The fourth-order valence-electron chi connectivity index (χ4n) is 2.83. The van der Waals surface area contributed by atoms with E-state index in [0.717, 1.165) is 18.4 Å².